The summed E-state index contributed by atoms with van der Waals surface area (Å²) in [5.74, 6) is 0.873. The molecule has 1 heterocycles. The normalized spacial score (nSPS) is 14.8. The van der Waals surface area contributed by atoms with Gasteiger partial charge in [-0.1, -0.05) is 23.2 Å². The van der Waals surface area contributed by atoms with Gasteiger partial charge in [-0.05, 0) is 64.0 Å². The molecule has 0 fully saturated rings. The van der Waals surface area contributed by atoms with Gasteiger partial charge in [-0.25, -0.2) is 0 Å². The van der Waals surface area contributed by atoms with Crippen LogP contribution in [0.4, 0.5) is 0 Å². The fourth-order valence-electron chi connectivity index (χ4n) is 2.45. The minimum absolute atomic E-state index is 0.300. The highest BCUT2D eigenvalue weighted by molar-refractivity contribution is 14.1. The average molecular weight is 420 g/mol. The van der Waals surface area contributed by atoms with Crippen LogP contribution in [0.3, 0.4) is 0 Å². The van der Waals surface area contributed by atoms with E-state index in [-0.39, 0.29) is 6.04 Å². The maximum Gasteiger partial charge on any atom is 0.127 e. The van der Waals surface area contributed by atoms with Crippen molar-refractivity contribution >= 4 is 45.8 Å². The summed E-state index contributed by atoms with van der Waals surface area (Å²) in [7, 11) is 0. The Morgan fingerprint density at radius 1 is 1.10 bits per heavy atom. The van der Waals surface area contributed by atoms with Crippen LogP contribution in [0.15, 0.2) is 30.3 Å². The Morgan fingerprint density at radius 2 is 1.85 bits per heavy atom. The number of hydrogen-bond acceptors (Lipinski definition) is 2. The van der Waals surface area contributed by atoms with Crippen molar-refractivity contribution in [3.8, 4) is 5.75 Å². The van der Waals surface area contributed by atoms with Crippen LogP contribution >= 0.6 is 45.8 Å². The lowest BCUT2D eigenvalue weighted by molar-refractivity contribution is 0.352. The molecule has 5 heteroatoms. The zero-order valence-electron chi connectivity index (χ0n) is 10.5. The van der Waals surface area contributed by atoms with E-state index >= 15 is 0 Å². The maximum absolute atomic E-state index is 6.43. The molecule has 20 heavy (non-hydrogen) atoms. The maximum atomic E-state index is 6.43. The Bertz CT molecular complexity index is 675. The van der Waals surface area contributed by atoms with E-state index in [9.17, 15) is 0 Å². The molecule has 3 rings (SSSR count). The van der Waals surface area contributed by atoms with E-state index in [1.165, 1.54) is 0 Å². The summed E-state index contributed by atoms with van der Waals surface area (Å²) < 4.78 is 6.80. The lowest BCUT2D eigenvalue weighted by Gasteiger charge is -2.18. The molecule has 2 nitrogen and oxygen atoms in total. The van der Waals surface area contributed by atoms with Crippen LogP contribution in [0.2, 0.25) is 10.0 Å². The third-order valence-electron chi connectivity index (χ3n) is 3.41. The molecule has 0 spiro atoms. The predicted molar refractivity (Wildman–Crippen MR) is 90.9 cm³/mol. The van der Waals surface area contributed by atoms with Crippen molar-refractivity contribution in [3.63, 3.8) is 0 Å². The third-order valence-corrected chi connectivity index (χ3v) is 4.84. The van der Waals surface area contributed by atoms with Crippen LogP contribution < -0.4 is 10.5 Å². The van der Waals surface area contributed by atoms with Crippen LogP contribution in [0.1, 0.15) is 22.7 Å². The fourth-order valence-corrected chi connectivity index (χ4v) is 3.55. The van der Waals surface area contributed by atoms with Gasteiger partial charge in [0.05, 0.1) is 12.6 Å². The zero-order valence-corrected chi connectivity index (χ0v) is 14.2. The molecule has 1 atom stereocenters. The van der Waals surface area contributed by atoms with E-state index in [2.05, 4.69) is 22.6 Å². The van der Waals surface area contributed by atoms with Crippen molar-refractivity contribution in [2.24, 2.45) is 5.73 Å². The smallest absolute Gasteiger partial charge is 0.127 e. The van der Waals surface area contributed by atoms with Gasteiger partial charge in [-0.15, -0.1) is 0 Å². The molecule has 0 bridgehead atoms. The number of nitrogens with two attached hydrogens (primary N) is 1. The van der Waals surface area contributed by atoms with Gasteiger partial charge in [-0.3, -0.25) is 0 Å². The quantitative estimate of drug-likeness (QED) is 0.723. The summed E-state index contributed by atoms with van der Waals surface area (Å²) in [5, 5.41) is 1.37. The third kappa shape index (κ3) is 2.64. The lowest BCUT2D eigenvalue weighted by Crippen LogP contribution is -2.14. The van der Waals surface area contributed by atoms with E-state index in [1.807, 2.05) is 30.3 Å². The molecule has 0 saturated heterocycles. The summed E-state index contributed by atoms with van der Waals surface area (Å²) in [6.45, 7) is 0.683. The Balaban J connectivity index is 2.11. The van der Waals surface area contributed by atoms with Crippen molar-refractivity contribution in [2.45, 2.75) is 12.5 Å². The molecule has 0 aromatic heterocycles. The number of hydrogen-bond donors (Lipinski definition) is 1. The largest absolute Gasteiger partial charge is 0.493 e. The molecule has 1 aliphatic rings. The average Bonchev–Trinajstić information content (AvgIpc) is 2.87. The standard InChI is InChI=1S/C15H12Cl2INO/c16-9-1-2-13(18)11(6-9)14(19)12-7-10(17)5-8-3-4-20-15(8)12/h1-2,5-7,14H,3-4,19H2. The minimum atomic E-state index is -0.300. The van der Waals surface area contributed by atoms with Gasteiger partial charge < -0.3 is 10.5 Å². The van der Waals surface area contributed by atoms with E-state index in [0.29, 0.717) is 16.7 Å². The van der Waals surface area contributed by atoms with Gasteiger partial charge >= 0.3 is 0 Å². The number of fused-ring (bicyclic) bond motifs is 1. The van der Waals surface area contributed by atoms with Crippen LogP contribution in [0, 0.1) is 3.57 Å². The summed E-state index contributed by atoms with van der Waals surface area (Å²) in [5.41, 5.74) is 9.46. The monoisotopic (exact) mass is 419 g/mol. The number of halogens is 3. The molecular weight excluding hydrogens is 408 g/mol. The SMILES string of the molecule is NC(c1cc(Cl)ccc1I)c1cc(Cl)cc2c1OCC2. The highest BCUT2D eigenvalue weighted by Gasteiger charge is 2.23. The second kappa shape index (κ2) is 5.72. The van der Waals surface area contributed by atoms with Crippen LogP contribution in [0.25, 0.3) is 0 Å². The van der Waals surface area contributed by atoms with Crippen LogP contribution in [0.5, 0.6) is 5.75 Å². The number of ether oxygens (including phenoxy) is 1. The molecule has 2 aromatic rings. The van der Waals surface area contributed by atoms with Gasteiger partial charge in [-0.2, -0.15) is 0 Å². The Kier molecular flexibility index (Phi) is 4.13. The molecule has 2 N–H and O–H groups in total. The van der Waals surface area contributed by atoms with E-state index in [1.54, 1.807) is 0 Å². The highest BCUT2D eigenvalue weighted by atomic mass is 127. The molecule has 104 valence electrons. The van der Waals surface area contributed by atoms with Crippen molar-refractivity contribution < 1.29 is 4.74 Å². The highest BCUT2D eigenvalue weighted by Crippen LogP contribution is 2.39. The molecule has 0 saturated carbocycles. The number of benzene rings is 2. The van der Waals surface area contributed by atoms with Crippen LogP contribution in [-0.2, 0) is 6.42 Å². The minimum Gasteiger partial charge on any atom is -0.493 e. The van der Waals surface area contributed by atoms with Crippen molar-refractivity contribution in [2.75, 3.05) is 6.61 Å². The molecule has 0 amide bonds. The summed E-state index contributed by atoms with van der Waals surface area (Å²) in [4.78, 5) is 0. The van der Waals surface area contributed by atoms with Gasteiger partial charge in [0, 0.05) is 25.6 Å². The second-order valence-corrected chi connectivity index (χ2v) is 6.76. The second-order valence-electron chi connectivity index (χ2n) is 4.73. The molecule has 1 aliphatic heterocycles. The Hall–Kier alpha value is -0.490. The van der Waals surface area contributed by atoms with Crippen molar-refractivity contribution in [1.82, 2.24) is 0 Å². The van der Waals surface area contributed by atoms with Crippen molar-refractivity contribution in [3.05, 3.63) is 60.6 Å². The lowest BCUT2D eigenvalue weighted by atomic mass is 9.96. The molecule has 0 aliphatic carbocycles. The van der Waals surface area contributed by atoms with E-state index in [4.69, 9.17) is 33.7 Å². The van der Waals surface area contributed by atoms with E-state index in [0.717, 1.165) is 32.4 Å². The zero-order chi connectivity index (χ0) is 14.3. The van der Waals surface area contributed by atoms with Gasteiger partial charge in [0.25, 0.3) is 0 Å². The molecular formula is C15H12Cl2INO. The van der Waals surface area contributed by atoms with Gasteiger partial charge in [0.2, 0.25) is 0 Å². The van der Waals surface area contributed by atoms with Crippen molar-refractivity contribution in [1.29, 1.82) is 0 Å². The molecule has 1 unspecified atom stereocenters. The van der Waals surface area contributed by atoms with Gasteiger partial charge in [0.1, 0.15) is 5.75 Å². The van der Waals surface area contributed by atoms with Gasteiger partial charge in [0.15, 0.2) is 0 Å². The first-order chi connectivity index (χ1) is 9.56. The van der Waals surface area contributed by atoms with Crippen LogP contribution in [-0.4, -0.2) is 6.61 Å². The Morgan fingerprint density at radius 3 is 2.65 bits per heavy atom. The summed E-state index contributed by atoms with van der Waals surface area (Å²) in [6, 6.07) is 9.25. The Labute approximate surface area is 141 Å². The first kappa shape index (κ1) is 14.4. The topological polar surface area (TPSA) is 35.2 Å². The molecule has 2 aromatic carbocycles. The first-order valence-corrected chi connectivity index (χ1v) is 8.05. The van der Waals surface area contributed by atoms with E-state index < -0.39 is 0 Å². The molecule has 0 radical (unpaired) electrons. The summed E-state index contributed by atoms with van der Waals surface area (Å²) >= 11 is 14.5. The number of rotatable bonds is 2. The first-order valence-electron chi connectivity index (χ1n) is 6.22. The summed E-state index contributed by atoms with van der Waals surface area (Å²) in [6.07, 6.45) is 0.877. The predicted octanol–water partition coefficient (Wildman–Crippen LogP) is 4.58. The fraction of sp³-hybridized carbons (Fsp3) is 0.200.